The molecule has 0 saturated heterocycles. The van der Waals surface area contributed by atoms with E-state index in [1.165, 1.54) is 111 Å². The first-order valence-corrected chi connectivity index (χ1v) is 22.9. The predicted molar refractivity (Wildman–Crippen MR) is 260 cm³/mol. The summed E-state index contributed by atoms with van der Waals surface area (Å²) < 4.78 is 7.33. The molecule has 3 atom stereocenters. The summed E-state index contributed by atoms with van der Waals surface area (Å²) >= 11 is 0. The Balaban J connectivity index is 0.916. The van der Waals surface area contributed by atoms with Gasteiger partial charge in [0, 0.05) is 28.4 Å². The minimum Gasteiger partial charge on any atom is -0.484 e. The predicted octanol–water partition coefficient (Wildman–Crippen LogP) is 13.1. The Hall–Kier alpha value is -7.48. The van der Waals surface area contributed by atoms with Gasteiger partial charge >= 0.3 is 0 Å². The Morgan fingerprint density at radius 2 is 0.953 bits per heavy atom. The highest BCUT2D eigenvalue weighted by Crippen LogP contribution is 2.63. The number of hydrogen-bond donors (Lipinski definition) is 0. The van der Waals surface area contributed by atoms with E-state index in [0.717, 1.165) is 5.75 Å². The van der Waals surface area contributed by atoms with Crippen LogP contribution in [0.25, 0.3) is 45.0 Å². The van der Waals surface area contributed by atoms with Crippen molar-refractivity contribution in [1.29, 1.82) is 0 Å². The average molecular weight is 817 g/mol. The first-order valence-electron chi connectivity index (χ1n) is 22.9. The van der Waals surface area contributed by atoms with Crippen LogP contribution in [-0.4, -0.2) is 6.10 Å². The lowest BCUT2D eigenvalue weighted by molar-refractivity contribution is 0.281. The molecule has 1 heteroatoms. The molecule has 3 unspecified atom stereocenters. The van der Waals surface area contributed by atoms with Gasteiger partial charge in [0.25, 0.3) is 0 Å². The first-order chi connectivity index (χ1) is 31.5. The van der Waals surface area contributed by atoms with Crippen molar-refractivity contribution in [3.8, 4) is 39.1 Å². The molecule has 0 amide bonds. The van der Waals surface area contributed by atoms with Crippen molar-refractivity contribution in [1.82, 2.24) is 0 Å². The van der Waals surface area contributed by atoms with Crippen LogP contribution < -0.4 is 15.2 Å². The standard InChI is InChI=1S/C63H44O/c1-62(2)52-24-12-8-20-44(52)48-31-29-41(35-56(48)62)60-43-19-7-6-18-39(43)34-51-50-33-30-42(37-58(50)64-61(51)60)59(38-16-4-3-5-17-38)40-28-32-49-47-23-11-15-27-55(47)63(57(49)36-40)53-25-13-9-21-45(53)46-22-10-14-26-54(46)63/h3-37,51,59,61H,1-2H3. The zero-order valence-corrected chi connectivity index (χ0v) is 35.8. The SMILES string of the molecule is CC1(C)c2ccccc2-c2ccc(C3=c4ccccc4=CC4c5ccc(C(c6ccccc6)c6ccc7c(c6)C6(c8ccccc8-c8ccccc86)c6ccccc6-7)cc5OC34)cc21. The van der Waals surface area contributed by atoms with Crippen LogP contribution in [0.5, 0.6) is 5.75 Å². The highest BCUT2D eigenvalue weighted by Gasteiger charge is 2.52. The lowest BCUT2D eigenvalue weighted by Gasteiger charge is -2.31. The average Bonchev–Trinajstić information content (AvgIpc) is 4.02. The zero-order chi connectivity index (χ0) is 42.3. The third-order valence-corrected chi connectivity index (χ3v) is 15.6. The van der Waals surface area contributed by atoms with Crippen LogP contribution in [0.1, 0.15) is 86.9 Å². The van der Waals surface area contributed by atoms with Crippen LogP contribution in [0.3, 0.4) is 0 Å². The van der Waals surface area contributed by atoms with Crippen LogP contribution in [0.2, 0.25) is 0 Å². The third-order valence-electron chi connectivity index (χ3n) is 15.6. The van der Waals surface area contributed by atoms with Crippen molar-refractivity contribution in [3.05, 3.63) is 278 Å². The molecule has 0 saturated carbocycles. The second kappa shape index (κ2) is 13.0. The minimum absolute atomic E-state index is 0.0131. The summed E-state index contributed by atoms with van der Waals surface area (Å²) in [5.74, 6) is 1.07. The molecule has 1 heterocycles. The van der Waals surface area contributed by atoms with Crippen molar-refractivity contribution in [3.63, 3.8) is 0 Å². The highest BCUT2D eigenvalue weighted by molar-refractivity contribution is 5.95. The van der Waals surface area contributed by atoms with Gasteiger partial charge in [0.1, 0.15) is 11.9 Å². The van der Waals surface area contributed by atoms with Crippen LogP contribution >= 0.6 is 0 Å². The Morgan fingerprint density at radius 3 is 1.66 bits per heavy atom. The zero-order valence-electron chi connectivity index (χ0n) is 35.8. The summed E-state index contributed by atoms with van der Waals surface area (Å²) in [6.45, 7) is 4.74. The molecule has 64 heavy (non-hydrogen) atoms. The van der Waals surface area contributed by atoms with E-state index in [-0.39, 0.29) is 23.4 Å². The molecule has 302 valence electrons. The molecule has 0 radical (unpaired) electrons. The minimum atomic E-state index is -0.403. The Kier molecular flexibility index (Phi) is 7.34. The smallest absolute Gasteiger partial charge is 0.135 e. The molecular formula is C63H44O. The van der Waals surface area contributed by atoms with Crippen LogP contribution in [0.15, 0.2) is 206 Å². The van der Waals surface area contributed by atoms with Gasteiger partial charge < -0.3 is 4.74 Å². The number of hydrogen-bond acceptors (Lipinski definition) is 1. The summed E-state index contributed by atoms with van der Waals surface area (Å²) in [7, 11) is 0. The van der Waals surface area contributed by atoms with E-state index in [0.29, 0.717) is 0 Å². The summed E-state index contributed by atoms with van der Waals surface area (Å²) in [4.78, 5) is 0. The molecule has 0 N–H and O–H groups in total. The quantitative estimate of drug-likeness (QED) is 0.161. The van der Waals surface area contributed by atoms with E-state index in [2.05, 4.69) is 226 Å². The fourth-order valence-corrected chi connectivity index (χ4v) is 12.8. The number of rotatable bonds is 4. The molecule has 1 nitrogen and oxygen atoms in total. The largest absolute Gasteiger partial charge is 0.484 e. The summed E-state index contributed by atoms with van der Waals surface area (Å²) in [5, 5.41) is 2.53. The van der Waals surface area contributed by atoms with Crippen molar-refractivity contribution in [2.24, 2.45) is 0 Å². The number of benzene rings is 9. The van der Waals surface area contributed by atoms with Crippen molar-refractivity contribution in [2.75, 3.05) is 0 Å². The maximum atomic E-state index is 7.33. The molecular weight excluding hydrogens is 773 g/mol. The van der Waals surface area contributed by atoms with Gasteiger partial charge in [-0.05, 0) is 112 Å². The first kappa shape index (κ1) is 36.0. The molecule has 0 aromatic heterocycles. The van der Waals surface area contributed by atoms with E-state index in [1.807, 2.05) is 0 Å². The molecule has 4 aliphatic carbocycles. The van der Waals surface area contributed by atoms with Gasteiger partial charge in [-0.25, -0.2) is 0 Å². The third kappa shape index (κ3) is 4.69. The van der Waals surface area contributed by atoms with E-state index < -0.39 is 5.41 Å². The van der Waals surface area contributed by atoms with Gasteiger partial charge in [0.15, 0.2) is 0 Å². The Bertz CT molecular complexity index is 3530. The summed E-state index contributed by atoms with van der Waals surface area (Å²) in [5.41, 5.74) is 23.3. The number of fused-ring (bicyclic) bond motifs is 17. The normalized spacial score (nSPS) is 18.2. The van der Waals surface area contributed by atoms with Gasteiger partial charge in [-0.3, -0.25) is 0 Å². The maximum Gasteiger partial charge on any atom is 0.135 e. The molecule has 1 spiro atoms. The van der Waals surface area contributed by atoms with Gasteiger partial charge in [0.05, 0.1) is 5.41 Å². The molecule has 9 aromatic rings. The van der Waals surface area contributed by atoms with Crippen LogP contribution in [0, 0.1) is 0 Å². The second-order valence-electron chi connectivity index (χ2n) is 19.0. The highest BCUT2D eigenvalue weighted by atomic mass is 16.5. The lowest BCUT2D eigenvalue weighted by atomic mass is 9.70. The van der Waals surface area contributed by atoms with Gasteiger partial charge in [-0.2, -0.15) is 0 Å². The fourth-order valence-electron chi connectivity index (χ4n) is 12.8. The van der Waals surface area contributed by atoms with Gasteiger partial charge in [-0.15, -0.1) is 0 Å². The van der Waals surface area contributed by atoms with Crippen LogP contribution in [0.4, 0.5) is 0 Å². The van der Waals surface area contributed by atoms with Gasteiger partial charge in [0.2, 0.25) is 0 Å². The molecule has 14 rings (SSSR count). The number of ether oxygens (including phenoxy) is 1. The maximum absolute atomic E-state index is 7.33. The van der Waals surface area contributed by atoms with E-state index in [9.17, 15) is 0 Å². The van der Waals surface area contributed by atoms with Crippen LogP contribution in [-0.2, 0) is 10.8 Å². The van der Waals surface area contributed by atoms with Crippen molar-refractivity contribution in [2.45, 2.75) is 42.6 Å². The molecule has 0 bridgehead atoms. The molecule has 9 aromatic carbocycles. The van der Waals surface area contributed by atoms with Crippen molar-refractivity contribution < 1.29 is 4.74 Å². The topological polar surface area (TPSA) is 9.23 Å². The lowest BCUT2D eigenvalue weighted by Crippen LogP contribution is -2.39. The molecule has 5 aliphatic rings. The summed E-state index contributed by atoms with van der Waals surface area (Å²) in [6.07, 6.45) is 2.31. The van der Waals surface area contributed by atoms with E-state index in [4.69, 9.17) is 4.74 Å². The fraction of sp³-hybridized carbons (Fsp3) is 0.111. The van der Waals surface area contributed by atoms with E-state index >= 15 is 0 Å². The van der Waals surface area contributed by atoms with Gasteiger partial charge in [-0.1, -0.05) is 214 Å². The Labute approximate surface area is 374 Å². The molecule has 1 aliphatic heterocycles. The summed E-state index contributed by atoms with van der Waals surface area (Å²) in [6, 6.07) is 77.7. The molecule has 0 fully saturated rings. The van der Waals surface area contributed by atoms with Crippen molar-refractivity contribution >= 4 is 11.6 Å². The Morgan fingerprint density at radius 1 is 0.422 bits per heavy atom. The van der Waals surface area contributed by atoms with E-state index in [1.54, 1.807) is 0 Å². The monoisotopic (exact) mass is 816 g/mol. The second-order valence-corrected chi connectivity index (χ2v) is 19.0.